The molecule has 0 aliphatic rings. The Kier molecular flexibility index (Phi) is 7.10. The number of esters is 1. The largest absolute Gasteiger partial charge is 0.468 e. The average Bonchev–Trinajstić information content (AvgIpc) is 2.66. The minimum absolute atomic E-state index is 0.0440. The maximum absolute atomic E-state index is 12.1. The van der Waals surface area contributed by atoms with E-state index in [4.69, 9.17) is 0 Å². The van der Waals surface area contributed by atoms with Crippen molar-refractivity contribution in [1.82, 2.24) is 15.2 Å². The number of pyridine rings is 1. The van der Waals surface area contributed by atoms with Gasteiger partial charge < -0.3 is 15.0 Å². The fourth-order valence-corrected chi connectivity index (χ4v) is 2.45. The summed E-state index contributed by atoms with van der Waals surface area (Å²) in [7, 11) is 2.90. The minimum Gasteiger partial charge on any atom is -0.468 e. The standard InChI is InChI=1S/C19H23N3O3/c1-22(14-18(24)25-2)17(23)11-13-21-19(15-8-4-3-5-9-15)16-10-6-7-12-20-16/h3-10,12,19,21H,11,13-14H2,1-2H3. The van der Waals surface area contributed by atoms with Crippen LogP contribution in [0, 0.1) is 0 Å². The van der Waals surface area contributed by atoms with Gasteiger partial charge in [-0.1, -0.05) is 36.4 Å². The number of methoxy groups -OCH3 is 1. The zero-order valence-electron chi connectivity index (χ0n) is 14.5. The van der Waals surface area contributed by atoms with E-state index in [-0.39, 0.29) is 24.9 Å². The van der Waals surface area contributed by atoms with Crippen LogP contribution in [-0.2, 0) is 14.3 Å². The van der Waals surface area contributed by atoms with Gasteiger partial charge in [0.1, 0.15) is 6.54 Å². The molecule has 1 aromatic heterocycles. The van der Waals surface area contributed by atoms with Gasteiger partial charge in [-0.2, -0.15) is 0 Å². The summed E-state index contributed by atoms with van der Waals surface area (Å²) in [5, 5.41) is 3.38. The van der Waals surface area contributed by atoms with Crippen LogP contribution in [0.15, 0.2) is 54.7 Å². The normalized spacial score (nSPS) is 11.6. The van der Waals surface area contributed by atoms with Crippen molar-refractivity contribution in [2.24, 2.45) is 0 Å². The van der Waals surface area contributed by atoms with Crippen LogP contribution in [-0.4, -0.2) is 49.0 Å². The predicted octanol–water partition coefficient (Wildman–Crippen LogP) is 1.78. The second-order valence-corrected chi connectivity index (χ2v) is 5.63. The van der Waals surface area contributed by atoms with Gasteiger partial charge in [0.2, 0.25) is 5.91 Å². The van der Waals surface area contributed by atoms with Crippen molar-refractivity contribution in [2.75, 3.05) is 27.2 Å². The number of carbonyl (C=O) groups excluding carboxylic acids is 2. The summed E-state index contributed by atoms with van der Waals surface area (Å²) >= 11 is 0. The Labute approximate surface area is 147 Å². The van der Waals surface area contributed by atoms with Gasteiger partial charge in [0, 0.05) is 26.2 Å². The average molecular weight is 341 g/mol. The summed E-state index contributed by atoms with van der Waals surface area (Å²) in [6.07, 6.45) is 2.03. The molecule has 0 aliphatic heterocycles. The van der Waals surface area contributed by atoms with E-state index in [1.807, 2.05) is 48.5 Å². The molecule has 6 heteroatoms. The molecule has 0 fully saturated rings. The second kappa shape index (κ2) is 9.54. The zero-order valence-corrected chi connectivity index (χ0v) is 14.5. The van der Waals surface area contributed by atoms with Crippen LogP contribution >= 0.6 is 0 Å². The first-order valence-electron chi connectivity index (χ1n) is 8.12. The minimum atomic E-state index is -0.431. The molecule has 1 N–H and O–H groups in total. The van der Waals surface area contributed by atoms with E-state index in [0.717, 1.165) is 11.3 Å². The van der Waals surface area contributed by atoms with Crippen molar-refractivity contribution in [1.29, 1.82) is 0 Å². The van der Waals surface area contributed by atoms with Crippen molar-refractivity contribution in [3.63, 3.8) is 0 Å². The van der Waals surface area contributed by atoms with Crippen molar-refractivity contribution in [2.45, 2.75) is 12.5 Å². The van der Waals surface area contributed by atoms with Crippen molar-refractivity contribution in [3.05, 3.63) is 66.0 Å². The molecule has 6 nitrogen and oxygen atoms in total. The third-order valence-electron chi connectivity index (χ3n) is 3.82. The highest BCUT2D eigenvalue weighted by atomic mass is 16.5. The highest BCUT2D eigenvalue weighted by molar-refractivity contribution is 5.81. The lowest BCUT2D eigenvalue weighted by Gasteiger charge is -2.20. The molecule has 2 aromatic rings. The van der Waals surface area contributed by atoms with Gasteiger partial charge >= 0.3 is 5.97 Å². The van der Waals surface area contributed by atoms with Crippen molar-refractivity contribution >= 4 is 11.9 Å². The van der Waals surface area contributed by atoms with Gasteiger partial charge in [-0.25, -0.2) is 0 Å². The van der Waals surface area contributed by atoms with Crippen LogP contribution in [0.4, 0.5) is 0 Å². The first-order chi connectivity index (χ1) is 12.1. The molecule has 2 rings (SSSR count). The van der Waals surface area contributed by atoms with Crippen LogP contribution in [0.3, 0.4) is 0 Å². The van der Waals surface area contributed by atoms with E-state index >= 15 is 0 Å². The number of aromatic nitrogens is 1. The summed E-state index contributed by atoms with van der Waals surface area (Å²) in [6, 6.07) is 15.6. The molecule has 0 aliphatic carbocycles. The molecular weight excluding hydrogens is 318 g/mol. The fourth-order valence-electron chi connectivity index (χ4n) is 2.45. The number of hydrogen-bond donors (Lipinski definition) is 1. The van der Waals surface area contributed by atoms with Crippen LogP contribution in [0.1, 0.15) is 23.7 Å². The van der Waals surface area contributed by atoms with E-state index in [9.17, 15) is 9.59 Å². The molecular formula is C19H23N3O3. The highest BCUT2D eigenvalue weighted by Gasteiger charge is 2.17. The number of hydrogen-bond acceptors (Lipinski definition) is 5. The summed E-state index contributed by atoms with van der Waals surface area (Å²) in [4.78, 5) is 29.1. The Hall–Kier alpha value is -2.73. The van der Waals surface area contributed by atoms with Crippen LogP contribution in [0.25, 0.3) is 0 Å². The van der Waals surface area contributed by atoms with E-state index in [1.54, 1.807) is 13.2 Å². The molecule has 132 valence electrons. The molecule has 1 amide bonds. The van der Waals surface area contributed by atoms with E-state index < -0.39 is 5.97 Å². The van der Waals surface area contributed by atoms with Crippen molar-refractivity contribution < 1.29 is 14.3 Å². The molecule has 0 radical (unpaired) electrons. The number of likely N-dealkylation sites (N-methyl/N-ethyl adjacent to an activating group) is 1. The third-order valence-corrected chi connectivity index (χ3v) is 3.82. The van der Waals surface area contributed by atoms with E-state index in [1.165, 1.54) is 12.0 Å². The number of nitrogens with one attached hydrogen (secondary N) is 1. The topological polar surface area (TPSA) is 71.5 Å². The van der Waals surface area contributed by atoms with Gasteiger partial charge in [-0.15, -0.1) is 0 Å². The Balaban J connectivity index is 1.97. The molecule has 0 bridgehead atoms. The van der Waals surface area contributed by atoms with Crippen molar-refractivity contribution in [3.8, 4) is 0 Å². The number of nitrogens with zero attached hydrogens (tertiary/aromatic N) is 2. The smallest absolute Gasteiger partial charge is 0.325 e. The lowest BCUT2D eigenvalue weighted by atomic mass is 10.0. The Bertz CT molecular complexity index is 637. The van der Waals surface area contributed by atoms with Gasteiger partial charge in [0.25, 0.3) is 0 Å². The fraction of sp³-hybridized carbons (Fsp3) is 0.316. The van der Waals surface area contributed by atoms with Gasteiger partial charge in [-0.05, 0) is 17.7 Å². The maximum atomic E-state index is 12.1. The molecule has 1 atom stereocenters. The zero-order chi connectivity index (χ0) is 18.1. The number of amides is 1. The van der Waals surface area contributed by atoms with Crippen LogP contribution < -0.4 is 5.32 Å². The SMILES string of the molecule is COC(=O)CN(C)C(=O)CCNC(c1ccccc1)c1ccccn1. The van der Waals surface area contributed by atoms with Crippen LogP contribution in [0.2, 0.25) is 0 Å². The molecule has 0 saturated carbocycles. The lowest BCUT2D eigenvalue weighted by molar-refractivity contribution is -0.146. The third kappa shape index (κ3) is 5.69. The molecule has 1 heterocycles. The molecule has 25 heavy (non-hydrogen) atoms. The quantitative estimate of drug-likeness (QED) is 0.741. The first kappa shape index (κ1) is 18.6. The summed E-state index contributed by atoms with van der Waals surface area (Å²) in [5.41, 5.74) is 1.97. The van der Waals surface area contributed by atoms with Gasteiger partial charge in [0.15, 0.2) is 0 Å². The Morgan fingerprint density at radius 3 is 2.52 bits per heavy atom. The second-order valence-electron chi connectivity index (χ2n) is 5.63. The monoisotopic (exact) mass is 341 g/mol. The maximum Gasteiger partial charge on any atom is 0.325 e. The summed E-state index contributed by atoms with van der Waals surface area (Å²) < 4.78 is 4.57. The summed E-state index contributed by atoms with van der Waals surface area (Å²) in [6.45, 7) is 0.429. The number of carbonyl (C=O) groups is 2. The number of rotatable bonds is 8. The molecule has 1 aromatic carbocycles. The molecule has 1 unspecified atom stereocenters. The van der Waals surface area contributed by atoms with Gasteiger partial charge in [-0.3, -0.25) is 14.6 Å². The molecule has 0 spiro atoms. The first-order valence-corrected chi connectivity index (χ1v) is 8.12. The van der Waals surface area contributed by atoms with Gasteiger partial charge in [0.05, 0.1) is 18.8 Å². The highest BCUT2D eigenvalue weighted by Crippen LogP contribution is 2.19. The number of ether oxygens (including phenoxy) is 1. The number of benzene rings is 1. The van der Waals surface area contributed by atoms with E-state index in [2.05, 4.69) is 15.0 Å². The summed E-state index contributed by atoms with van der Waals surface area (Å²) in [5.74, 6) is -0.551. The lowest BCUT2D eigenvalue weighted by Crippen LogP contribution is -2.35. The van der Waals surface area contributed by atoms with Crippen LogP contribution in [0.5, 0.6) is 0 Å². The molecule has 0 saturated heterocycles. The predicted molar refractivity (Wildman–Crippen MR) is 94.8 cm³/mol. The Morgan fingerprint density at radius 2 is 1.88 bits per heavy atom. The van der Waals surface area contributed by atoms with E-state index in [0.29, 0.717) is 6.54 Å². The Morgan fingerprint density at radius 1 is 1.16 bits per heavy atom.